The molecule has 0 unspecified atom stereocenters. The molecule has 2 nitrogen and oxygen atoms in total. The van der Waals surface area contributed by atoms with Crippen LogP contribution in [0.3, 0.4) is 0 Å². The Kier molecular flexibility index (Phi) is 2.84. The molecule has 10 heavy (non-hydrogen) atoms. The summed E-state index contributed by atoms with van der Waals surface area (Å²) in [5.74, 6) is 0. The molecule has 0 saturated carbocycles. The molecule has 0 aromatic rings. The topological polar surface area (TPSA) is 34.1 Å². The summed E-state index contributed by atoms with van der Waals surface area (Å²) in [5, 5.41) is 0. The number of alkyl halides is 5. The van der Waals surface area contributed by atoms with E-state index < -0.39 is 19.5 Å². The fourth-order valence-electron chi connectivity index (χ4n) is 0.101. The van der Waals surface area contributed by atoms with E-state index in [1.54, 1.807) is 0 Å². The summed E-state index contributed by atoms with van der Waals surface area (Å²) in [6.07, 6.45) is 0. The van der Waals surface area contributed by atoms with E-state index >= 15 is 0 Å². The molecule has 0 N–H and O–H groups in total. The Morgan fingerprint density at radius 3 is 1.50 bits per heavy atom. The van der Waals surface area contributed by atoms with Gasteiger partial charge >= 0.3 is 5.51 Å². The highest BCUT2D eigenvalue weighted by Crippen LogP contribution is 2.30. The quantitative estimate of drug-likeness (QED) is 0.626. The lowest BCUT2D eigenvalue weighted by molar-refractivity contribution is -0.0433. The van der Waals surface area contributed by atoms with E-state index in [2.05, 4.69) is 23.2 Å². The zero-order valence-electron chi connectivity index (χ0n) is 4.19. The molecule has 0 aliphatic heterocycles. The van der Waals surface area contributed by atoms with E-state index in [1.807, 2.05) is 0 Å². The minimum Gasteiger partial charge on any atom is -0.217 e. The molecule has 0 bridgehead atoms. The van der Waals surface area contributed by atoms with Gasteiger partial charge in [-0.3, -0.25) is 0 Å². The Hall–Kier alpha value is 0.320. The minimum atomic E-state index is -5.38. The zero-order valence-corrected chi connectivity index (χ0v) is 6.52. The molecule has 62 valence electrons. The molecule has 0 heterocycles. The van der Waals surface area contributed by atoms with E-state index in [9.17, 15) is 21.6 Å². The summed E-state index contributed by atoms with van der Waals surface area (Å²) in [5.41, 5.74) is -5.37. The second-order valence-corrected chi connectivity index (χ2v) is 4.89. The molecule has 0 amide bonds. The van der Waals surface area contributed by atoms with Crippen molar-refractivity contribution in [1.29, 1.82) is 0 Å². The van der Waals surface area contributed by atoms with Crippen LogP contribution in [-0.2, 0) is 9.84 Å². The largest absolute Gasteiger partial charge is 0.500 e. The highest BCUT2D eigenvalue weighted by molar-refractivity contribution is 7.95. The highest BCUT2D eigenvalue weighted by Gasteiger charge is 2.49. The molecule has 0 atom stereocenters. The van der Waals surface area contributed by atoms with Gasteiger partial charge in [0.05, 0.1) is 0 Å². The van der Waals surface area contributed by atoms with Crippen molar-refractivity contribution >= 4 is 33.0 Å². The van der Waals surface area contributed by atoms with Gasteiger partial charge in [-0.25, -0.2) is 8.42 Å². The Morgan fingerprint density at radius 2 is 1.50 bits per heavy atom. The standard InChI is InChI=1S/C2HCl2F3O2S/c3-1(4)10(8,9)2(5,6)7/h1H. The second kappa shape index (κ2) is 2.75. The zero-order chi connectivity index (χ0) is 8.58. The number of sulfone groups is 1. The van der Waals surface area contributed by atoms with Gasteiger partial charge in [0.25, 0.3) is 9.84 Å². The lowest BCUT2D eigenvalue weighted by Gasteiger charge is -2.06. The third kappa shape index (κ3) is 1.90. The van der Waals surface area contributed by atoms with E-state index in [4.69, 9.17) is 0 Å². The lowest BCUT2D eigenvalue weighted by Crippen LogP contribution is -2.27. The number of hydrogen-bond donors (Lipinski definition) is 0. The minimum absolute atomic E-state index is 2.45. The van der Waals surface area contributed by atoms with E-state index in [0.29, 0.717) is 0 Å². The summed E-state index contributed by atoms with van der Waals surface area (Å²) >= 11 is 9.02. The maximum absolute atomic E-state index is 11.3. The second-order valence-electron chi connectivity index (χ2n) is 1.25. The molecule has 0 fully saturated rings. The first kappa shape index (κ1) is 10.3. The Bertz CT molecular complexity index is 205. The highest BCUT2D eigenvalue weighted by atomic mass is 35.5. The Morgan fingerprint density at radius 1 is 1.20 bits per heavy atom. The molecule has 8 heteroatoms. The van der Waals surface area contributed by atoms with Gasteiger partial charge in [0.15, 0.2) is 0 Å². The molecule has 0 rings (SSSR count). The van der Waals surface area contributed by atoms with E-state index in [-0.39, 0.29) is 0 Å². The van der Waals surface area contributed by atoms with Gasteiger partial charge in [-0.05, 0) is 0 Å². The summed E-state index contributed by atoms with van der Waals surface area (Å²) in [6, 6.07) is 0. The molecule has 0 aliphatic carbocycles. The smallest absolute Gasteiger partial charge is 0.217 e. The first-order valence-corrected chi connectivity index (χ1v) is 4.20. The third-order valence-corrected chi connectivity index (χ3v) is 3.08. The monoisotopic (exact) mass is 216 g/mol. The number of rotatable bonds is 1. The van der Waals surface area contributed by atoms with Gasteiger partial charge in [0.2, 0.25) is 4.17 Å². The first-order valence-electron chi connectivity index (χ1n) is 1.78. The van der Waals surface area contributed by atoms with Crippen LogP contribution in [0.4, 0.5) is 13.2 Å². The Balaban J connectivity index is 4.79. The molecule has 0 saturated heterocycles. The van der Waals surface area contributed by atoms with Gasteiger partial charge in [0, 0.05) is 0 Å². The molecular formula is C2HCl2F3O2S. The predicted octanol–water partition coefficient (Wildman–Crippen LogP) is 1.68. The Labute approximate surface area is 64.8 Å². The fourth-order valence-corrected chi connectivity index (χ4v) is 0.909. The van der Waals surface area contributed by atoms with Crippen molar-refractivity contribution in [3.8, 4) is 0 Å². The van der Waals surface area contributed by atoms with Gasteiger partial charge in [-0.15, -0.1) is 0 Å². The van der Waals surface area contributed by atoms with Crippen LogP contribution in [0, 0.1) is 0 Å². The fraction of sp³-hybridized carbons (Fsp3) is 1.00. The van der Waals surface area contributed by atoms with Crippen molar-refractivity contribution in [2.75, 3.05) is 0 Å². The van der Waals surface area contributed by atoms with Crippen LogP contribution < -0.4 is 0 Å². The average molecular weight is 217 g/mol. The summed E-state index contributed by atoms with van der Waals surface area (Å²) in [6.45, 7) is 0. The van der Waals surface area contributed by atoms with Crippen LogP contribution in [0.15, 0.2) is 0 Å². The van der Waals surface area contributed by atoms with Crippen LogP contribution in [0.25, 0.3) is 0 Å². The summed E-state index contributed by atoms with van der Waals surface area (Å²) in [4.78, 5) is 0. The molecule has 0 aromatic heterocycles. The van der Waals surface area contributed by atoms with E-state index in [0.717, 1.165) is 0 Å². The van der Waals surface area contributed by atoms with Gasteiger partial charge in [-0.2, -0.15) is 13.2 Å². The molecular weight excluding hydrogens is 216 g/mol. The van der Waals surface area contributed by atoms with Crippen LogP contribution >= 0.6 is 23.2 Å². The maximum atomic E-state index is 11.3. The summed E-state index contributed by atoms with van der Waals surface area (Å²) in [7, 11) is -5.38. The number of hydrogen-bond acceptors (Lipinski definition) is 2. The molecule has 0 aliphatic rings. The van der Waals surface area contributed by atoms with Crippen LogP contribution in [0.2, 0.25) is 0 Å². The number of halogens is 5. The first-order chi connectivity index (χ1) is 4.19. The van der Waals surface area contributed by atoms with Gasteiger partial charge in [0.1, 0.15) is 0 Å². The van der Waals surface area contributed by atoms with Crippen molar-refractivity contribution in [3.05, 3.63) is 0 Å². The molecule has 0 spiro atoms. The van der Waals surface area contributed by atoms with Crippen LogP contribution in [0.1, 0.15) is 0 Å². The van der Waals surface area contributed by atoms with E-state index in [1.165, 1.54) is 0 Å². The third-order valence-electron chi connectivity index (χ3n) is 0.557. The van der Waals surface area contributed by atoms with Crippen molar-refractivity contribution in [1.82, 2.24) is 0 Å². The summed E-state index contributed by atoms with van der Waals surface area (Å²) < 4.78 is 51.5. The van der Waals surface area contributed by atoms with Gasteiger partial charge in [-0.1, -0.05) is 23.2 Å². The van der Waals surface area contributed by atoms with Crippen LogP contribution in [0.5, 0.6) is 0 Å². The maximum Gasteiger partial charge on any atom is 0.500 e. The van der Waals surface area contributed by atoms with Crippen LogP contribution in [-0.4, -0.2) is 18.1 Å². The lowest BCUT2D eigenvalue weighted by atomic mass is 11.6. The van der Waals surface area contributed by atoms with Crippen molar-refractivity contribution in [3.63, 3.8) is 0 Å². The van der Waals surface area contributed by atoms with Crippen molar-refractivity contribution < 1.29 is 21.6 Å². The normalized spacial score (nSPS) is 14.2. The van der Waals surface area contributed by atoms with Crippen molar-refractivity contribution in [2.24, 2.45) is 0 Å². The van der Waals surface area contributed by atoms with Gasteiger partial charge < -0.3 is 0 Å². The molecule has 0 radical (unpaired) electrons. The average Bonchev–Trinajstić information content (AvgIpc) is 1.62. The molecule has 0 aromatic carbocycles. The predicted molar refractivity (Wildman–Crippen MR) is 30.5 cm³/mol. The SMILES string of the molecule is O=S(=O)(C(Cl)Cl)C(F)(F)F. The van der Waals surface area contributed by atoms with Crippen molar-refractivity contribution in [2.45, 2.75) is 9.68 Å².